The molecule has 4 fully saturated rings. The van der Waals surface area contributed by atoms with E-state index in [9.17, 15) is 13.2 Å². The molecule has 0 aromatic carbocycles. The minimum Gasteiger partial charge on any atom is -0.360 e. The number of piperidine rings is 2. The van der Waals surface area contributed by atoms with Crippen LogP contribution in [-0.2, 0) is 10.0 Å². The number of hydrogen-bond acceptors (Lipinski definition) is 6. The summed E-state index contributed by atoms with van der Waals surface area (Å²) in [6.07, 6.45) is 6.13. The van der Waals surface area contributed by atoms with Crippen molar-refractivity contribution in [2.75, 3.05) is 25.9 Å². The number of amides is 1. The van der Waals surface area contributed by atoms with Gasteiger partial charge in [0.15, 0.2) is 5.69 Å². The molecule has 1 N–H and O–H groups in total. The number of rotatable bonds is 6. The molecule has 3 aliphatic heterocycles. The van der Waals surface area contributed by atoms with Gasteiger partial charge in [0, 0.05) is 30.1 Å². The number of fused-ring (bicyclic) bond motifs is 2. The molecule has 1 aromatic rings. The second kappa shape index (κ2) is 8.15. The Labute approximate surface area is 184 Å². The van der Waals surface area contributed by atoms with E-state index in [1.165, 1.54) is 0 Å². The first-order valence-corrected chi connectivity index (χ1v) is 13.4. The fraction of sp³-hybridized carbons (Fsp3) is 0.818. The molecular formula is C22H34N4O4S. The average Bonchev–Trinajstić information content (AvgIpc) is 3.13. The second-order valence-electron chi connectivity index (χ2n) is 10.3. The van der Waals surface area contributed by atoms with Crippen LogP contribution in [0, 0.1) is 11.8 Å². The van der Waals surface area contributed by atoms with Crippen molar-refractivity contribution in [2.45, 2.75) is 75.9 Å². The maximum Gasteiger partial charge on any atom is 0.273 e. The first kappa shape index (κ1) is 21.4. The summed E-state index contributed by atoms with van der Waals surface area (Å²) in [5.74, 6) is 2.10. The van der Waals surface area contributed by atoms with Gasteiger partial charge in [0.25, 0.3) is 5.91 Å². The first-order chi connectivity index (χ1) is 14.8. The molecule has 3 saturated heterocycles. The van der Waals surface area contributed by atoms with Crippen LogP contribution in [0.4, 0.5) is 0 Å². The quantitative estimate of drug-likeness (QED) is 0.714. The van der Waals surface area contributed by atoms with Crippen molar-refractivity contribution < 1.29 is 17.7 Å². The van der Waals surface area contributed by atoms with Gasteiger partial charge in [0.05, 0.1) is 5.75 Å². The summed E-state index contributed by atoms with van der Waals surface area (Å²) >= 11 is 0. The third-order valence-corrected chi connectivity index (χ3v) is 9.97. The predicted octanol–water partition coefficient (Wildman–Crippen LogP) is 2.19. The molecule has 0 spiro atoms. The van der Waals surface area contributed by atoms with Gasteiger partial charge in [0.1, 0.15) is 5.76 Å². The highest BCUT2D eigenvalue weighted by Crippen LogP contribution is 2.47. The van der Waals surface area contributed by atoms with Gasteiger partial charge in [-0.2, -0.15) is 4.31 Å². The number of nitrogens with one attached hydrogen (secondary N) is 1. The van der Waals surface area contributed by atoms with Crippen LogP contribution >= 0.6 is 0 Å². The molecule has 8 nitrogen and oxygen atoms in total. The van der Waals surface area contributed by atoms with E-state index in [1.54, 1.807) is 10.4 Å². The van der Waals surface area contributed by atoms with Crippen LogP contribution in [0.5, 0.6) is 0 Å². The van der Waals surface area contributed by atoms with Gasteiger partial charge < -0.3 is 14.7 Å². The van der Waals surface area contributed by atoms with Crippen LogP contribution in [0.15, 0.2) is 10.6 Å². The topological polar surface area (TPSA) is 95.8 Å². The standard InChI is InChI=1S/C22H34N4O4S/c1-14-9-19(14)21-12-20(24-30-21)22(27)23-16-10-17-3-4-18(11-16)26(17)31(28,29)13-15-5-7-25(2)8-6-15/h12,14-19H,3-11,13H2,1-2H3,(H,23,27)/t14-,16?,17-,18+,19-/m0/s1. The van der Waals surface area contributed by atoms with Crippen molar-refractivity contribution in [3.05, 3.63) is 17.5 Å². The Kier molecular flexibility index (Phi) is 5.63. The van der Waals surface area contributed by atoms with E-state index < -0.39 is 10.0 Å². The van der Waals surface area contributed by atoms with Crippen molar-refractivity contribution in [1.82, 2.24) is 19.7 Å². The molecule has 1 saturated carbocycles. The third-order valence-electron chi connectivity index (χ3n) is 7.84. The molecule has 31 heavy (non-hydrogen) atoms. The lowest BCUT2D eigenvalue weighted by Gasteiger charge is -2.39. The minimum atomic E-state index is -3.27. The van der Waals surface area contributed by atoms with E-state index in [0.29, 0.717) is 30.4 Å². The Morgan fingerprint density at radius 3 is 2.42 bits per heavy atom. The van der Waals surface area contributed by atoms with Crippen LogP contribution in [0.3, 0.4) is 0 Å². The largest absolute Gasteiger partial charge is 0.360 e. The van der Waals surface area contributed by atoms with Gasteiger partial charge in [-0.15, -0.1) is 0 Å². The molecule has 5 atom stereocenters. The van der Waals surface area contributed by atoms with E-state index in [-0.39, 0.29) is 35.7 Å². The van der Waals surface area contributed by atoms with Crippen LogP contribution in [0.1, 0.15) is 74.0 Å². The van der Waals surface area contributed by atoms with Crippen molar-refractivity contribution in [2.24, 2.45) is 11.8 Å². The van der Waals surface area contributed by atoms with Gasteiger partial charge >= 0.3 is 0 Å². The minimum absolute atomic E-state index is 0.000461. The number of sulfonamides is 1. The fourth-order valence-electron chi connectivity index (χ4n) is 5.87. The highest BCUT2D eigenvalue weighted by atomic mass is 32.2. The Morgan fingerprint density at radius 1 is 1.16 bits per heavy atom. The lowest BCUT2D eigenvalue weighted by atomic mass is 9.99. The number of likely N-dealkylation sites (tertiary alicyclic amines) is 1. The Balaban J connectivity index is 1.18. The van der Waals surface area contributed by atoms with E-state index in [4.69, 9.17) is 4.52 Å². The van der Waals surface area contributed by atoms with E-state index in [1.807, 2.05) is 0 Å². The van der Waals surface area contributed by atoms with Crippen molar-refractivity contribution in [3.63, 3.8) is 0 Å². The third kappa shape index (κ3) is 4.41. The highest BCUT2D eigenvalue weighted by molar-refractivity contribution is 7.89. The molecule has 1 aromatic heterocycles. The van der Waals surface area contributed by atoms with Crippen molar-refractivity contribution >= 4 is 15.9 Å². The van der Waals surface area contributed by atoms with Gasteiger partial charge in [-0.25, -0.2) is 8.42 Å². The zero-order valence-electron chi connectivity index (χ0n) is 18.5. The monoisotopic (exact) mass is 450 g/mol. The zero-order chi connectivity index (χ0) is 21.8. The summed E-state index contributed by atoms with van der Waals surface area (Å²) in [5.41, 5.74) is 0.332. The molecule has 1 aliphatic carbocycles. The zero-order valence-corrected chi connectivity index (χ0v) is 19.3. The number of nitrogens with zero attached hydrogens (tertiary/aromatic N) is 3. The number of carbonyl (C=O) groups excluding carboxylic acids is 1. The lowest BCUT2D eigenvalue weighted by Crippen LogP contribution is -2.53. The molecule has 4 heterocycles. The van der Waals surface area contributed by atoms with E-state index >= 15 is 0 Å². The Bertz CT molecular complexity index is 910. The summed E-state index contributed by atoms with van der Waals surface area (Å²) < 4.78 is 33.7. The molecule has 1 unspecified atom stereocenters. The molecule has 5 rings (SSSR count). The number of carbonyl (C=O) groups is 1. The van der Waals surface area contributed by atoms with Gasteiger partial charge in [-0.05, 0) is 76.9 Å². The maximum atomic E-state index is 13.2. The van der Waals surface area contributed by atoms with Crippen LogP contribution in [-0.4, -0.2) is 72.7 Å². The van der Waals surface area contributed by atoms with E-state index in [2.05, 4.69) is 29.3 Å². The Morgan fingerprint density at radius 2 is 1.81 bits per heavy atom. The van der Waals surface area contributed by atoms with Gasteiger partial charge in [0.2, 0.25) is 10.0 Å². The second-order valence-corrected chi connectivity index (χ2v) is 12.2. The van der Waals surface area contributed by atoms with Crippen molar-refractivity contribution in [3.8, 4) is 0 Å². The maximum absolute atomic E-state index is 13.2. The summed E-state index contributed by atoms with van der Waals surface area (Å²) in [4.78, 5) is 15.0. The Hall–Kier alpha value is -1.45. The average molecular weight is 451 g/mol. The molecule has 1 amide bonds. The first-order valence-electron chi connectivity index (χ1n) is 11.8. The molecule has 9 heteroatoms. The molecular weight excluding hydrogens is 416 g/mol. The van der Waals surface area contributed by atoms with Gasteiger partial charge in [-0.1, -0.05) is 12.1 Å². The van der Waals surface area contributed by atoms with Crippen LogP contribution < -0.4 is 5.32 Å². The molecule has 172 valence electrons. The normalized spacial score (nSPS) is 34.7. The molecule has 0 radical (unpaired) electrons. The SMILES string of the molecule is C[C@H]1C[C@@H]1c1cc(C(=O)NC2C[C@H]3CC[C@@H](C2)N3S(=O)(=O)CC2CCN(C)CC2)no1. The highest BCUT2D eigenvalue weighted by Gasteiger charge is 2.47. The smallest absolute Gasteiger partial charge is 0.273 e. The van der Waals surface area contributed by atoms with E-state index in [0.717, 1.165) is 51.0 Å². The van der Waals surface area contributed by atoms with Crippen molar-refractivity contribution in [1.29, 1.82) is 0 Å². The van der Waals surface area contributed by atoms with Gasteiger partial charge in [-0.3, -0.25) is 4.79 Å². The predicted molar refractivity (Wildman–Crippen MR) is 116 cm³/mol. The summed E-state index contributed by atoms with van der Waals surface area (Å²) in [5, 5.41) is 7.05. The molecule has 4 aliphatic rings. The summed E-state index contributed by atoms with van der Waals surface area (Å²) in [6.45, 7) is 4.12. The number of hydrogen-bond donors (Lipinski definition) is 1. The van der Waals surface area contributed by atoms with Crippen LogP contribution in [0.2, 0.25) is 0 Å². The number of aromatic nitrogens is 1. The summed E-state index contributed by atoms with van der Waals surface area (Å²) in [7, 11) is -1.18. The fourth-order valence-corrected chi connectivity index (χ4v) is 8.26. The lowest BCUT2D eigenvalue weighted by molar-refractivity contribution is 0.0900. The van der Waals surface area contributed by atoms with Crippen LogP contribution in [0.25, 0.3) is 0 Å². The summed E-state index contributed by atoms with van der Waals surface area (Å²) in [6, 6.07) is 1.75. The molecule has 2 bridgehead atoms.